The van der Waals surface area contributed by atoms with Crippen molar-refractivity contribution in [2.24, 2.45) is 0 Å². The van der Waals surface area contributed by atoms with Crippen LogP contribution in [0.1, 0.15) is 5.01 Å². The fourth-order valence-electron chi connectivity index (χ4n) is 0.481. The molecule has 0 aliphatic heterocycles. The maximum atomic E-state index is 10.3. The average molecular weight is 195 g/mol. The number of nitrogen functional groups attached to an aromatic ring is 1. The van der Waals surface area contributed by atoms with Gasteiger partial charge in [0, 0.05) is 0 Å². The maximum Gasteiger partial charge on any atom is 0.271 e. The minimum atomic E-state index is -4.01. The number of nitrogens with zero attached hydrogens (tertiary/aromatic N) is 2. The summed E-state index contributed by atoms with van der Waals surface area (Å²) >= 11 is 0.931. The van der Waals surface area contributed by atoms with Crippen LogP contribution >= 0.6 is 11.3 Å². The Kier molecular flexibility index (Phi) is 2.07. The van der Waals surface area contributed by atoms with Crippen LogP contribution in [0.4, 0.5) is 5.13 Å². The molecule has 0 spiro atoms. The van der Waals surface area contributed by atoms with Gasteiger partial charge in [0.1, 0.15) is 10.8 Å². The Morgan fingerprint density at radius 2 is 2.18 bits per heavy atom. The first kappa shape index (κ1) is 8.37. The highest BCUT2D eigenvalue weighted by atomic mass is 32.2. The molecule has 3 N–H and O–H groups in total. The predicted octanol–water partition coefficient (Wildman–Crippen LogP) is -0.492. The monoisotopic (exact) mass is 195 g/mol. The van der Waals surface area contributed by atoms with Crippen LogP contribution in [-0.2, 0) is 15.9 Å². The van der Waals surface area contributed by atoms with Gasteiger partial charge in [0.05, 0.1) is 0 Å². The number of nitrogens with two attached hydrogens (primary N) is 1. The molecule has 0 fully saturated rings. The van der Waals surface area contributed by atoms with E-state index in [0.29, 0.717) is 0 Å². The Morgan fingerprint density at radius 1 is 1.55 bits per heavy atom. The summed E-state index contributed by atoms with van der Waals surface area (Å²) in [6, 6.07) is 0. The molecule has 0 aliphatic carbocycles. The second-order valence-electron chi connectivity index (χ2n) is 1.76. The molecule has 1 aromatic rings. The van der Waals surface area contributed by atoms with Crippen LogP contribution in [-0.4, -0.2) is 23.2 Å². The minimum absolute atomic E-state index is 0.184. The van der Waals surface area contributed by atoms with Gasteiger partial charge in [-0.15, -0.1) is 10.2 Å². The fraction of sp³-hybridized carbons (Fsp3) is 0.333. The lowest BCUT2D eigenvalue weighted by Crippen LogP contribution is -2.00. The van der Waals surface area contributed by atoms with Crippen molar-refractivity contribution in [3.05, 3.63) is 5.01 Å². The van der Waals surface area contributed by atoms with Gasteiger partial charge in [0.2, 0.25) is 5.13 Å². The van der Waals surface area contributed by atoms with Crippen LogP contribution in [0.15, 0.2) is 0 Å². The number of anilines is 1. The number of hydrogen-bond acceptors (Lipinski definition) is 6. The van der Waals surface area contributed by atoms with Gasteiger partial charge in [-0.1, -0.05) is 11.3 Å². The van der Waals surface area contributed by atoms with E-state index in [0.717, 1.165) is 11.3 Å². The molecule has 0 amide bonds. The summed E-state index contributed by atoms with van der Waals surface area (Å²) < 4.78 is 28.9. The second-order valence-corrected chi connectivity index (χ2v) is 4.31. The molecule has 0 bridgehead atoms. The van der Waals surface area contributed by atoms with Crippen molar-refractivity contribution in [3.63, 3.8) is 0 Å². The van der Waals surface area contributed by atoms with Gasteiger partial charge in [0.15, 0.2) is 0 Å². The summed E-state index contributed by atoms with van der Waals surface area (Å²) in [5.74, 6) is -0.526. The third kappa shape index (κ3) is 2.78. The Bertz CT molecular complexity index is 342. The normalized spacial score (nSPS) is 11.7. The first-order valence-corrected chi connectivity index (χ1v) is 4.93. The molecule has 6 nitrogen and oxygen atoms in total. The van der Waals surface area contributed by atoms with Crippen LogP contribution in [0.25, 0.3) is 0 Å². The van der Waals surface area contributed by atoms with E-state index in [9.17, 15) is 8.42 Å². The molecular formula is C3H5N3O3S2. The second kappa shape index (κ2) is 2.72. The summed E-state index contributed by atoms with van der Waals surface area (Å²) in [4.78, 5) is 0. The molecular weight excluding hydrogens is 190 g/mol. The zero-order valence-electron chi connectivity index (χ0n) is 5.26. The van der Waals surface area contributed by atoms with Gasteiger partial charge in [-0.25, -0.2) is 0 Å². The van der Waals surface area contributed by atoms with Gasteiger partial charge in [-0.2, -0.15) is 8.42 Å². The Labute approximate surface area is 66.8 Å². The van der Waals surface area contributed by atoms with Crippen molar-refractivity contribution in [3.8, 4) is 0 Å². The molecule has 11 heavy (non-hydrogen) atoms. The summed E-state index contributed by atoms with van der Waals surface area (Å²) in [5, 5.41) is 7.15. The van der Waals surface area contributed by atoms with Crippen molar-refractivity contribution < 1.29 is 13.0 Å². The Balaban J connectivity index is 2.81. The quantitative estimate of drug-likeness (QED) is 0.616. The topological polar surface area (TPSA) is 106 Å². The Morgan fingerprint density at radius 3 is 2.55 bits per heavy atom. The molecule has 0 unspecified atom stereocenters. The van der Waals surface area contributed by atoms with E-state index in [4.69, 9.17) is 10.3 Å². The first-order valence-electron chi connectivity index (χ1n) is 2.50. The first-order chi connectivity index (χ1) is 4.97. The summed E-state index contributed by atoms with van der Waals surface area (Å²) in [7, 11) is -4.01. The van der Waals surface area contributed by atoms with Crippen molar-refractivity contribution >= 4 is 26.6 Å². The van der Waals surface area contributed by atoms with E-state index < -0.39 is 15.9 Å². The van der Waals surface area contributed by atoms with Crippen molar-refractivity contribution in [1.82, 2.24) is 10.2 Å². The van der Waals surface area contributed by atoms with Crippen LogP contribution in [0.3, 0.4) is 0 Å². The van der Waals surface area contributed by atoms with E-state index in [1.165, 1.54) is 0 Å². The number of aromatic nitrogens is 2. The van der Waals surface area contributed by atoms with Gasteiger partial charge >= 0.3 is 0 Å². The highest BCUT2D eigenvalue weighted by Crippen LogP contribution is 2.12. The smallest absolute Gasteiger partial charge is 0.271 e. The Hall–Kier alpha value is -0.730. The largest absolute Gasteiger partial charge is 0.374 e. The van der Waals surface area contributed by atoms with E-state index in [2.05, 4.69) is 10.2 Å². The summed E-state index contributed by atoms with van der Waals surface area (Å²) in [5.41, 5.74) is 5.17. The van der Waals surface area contributed by atoms with E-state index >= 15 is 0 Å². The highest BCUT2D eigenvalue weighted by Gasteiger charge is 2.10. The van der Waals surface area contributed by atoms with Gasteiger partial charge < -0.3 is 5.73 Å². The van der Waals surface area contributed by atoms with Crippen molar-refractivity contribution in [2.75, 3.05) is 5.73 Å². The maximum absolute atomic E-state index is 10.3. The molecule has 1 rings (SSSR count). The van der Waals surface area contributed by atoms with Crippen LogP contribution in [0, 0.1) is 0 Å². The molecule has 8 heteroatoms. The van der Waals surface area contributed by atoms with Gasteiger partial charge in [-0.05, 0) is 0 Å². The van der Waals surface area contributed by atoms with Crippen LogP contribution in [0.5, 0.6) is 0 Å². The zero-order valence-corrected chi connectivity index (χ0v) is 6.89. The lowest BCUT2D eigenvalue weighted by Gasteiger charge is -1.87. The van der Waals surface area contributed by atoms with Crippen LogP contribution in [0.2, 0.25) is 0 Å². The molecule has 0 atom stereocenters. The van der Waals surface area contributed by atoms with Crippen molar-refractivity contribution in [1.29, 1.82) is 0 Å². The number of rotatable bonds is 2. The molecule has 0 saturated carbocycles. The SMILES string of the molecule is Nc1nnc(CS(=O)(=O)O)s1. The van der Waals surface area contributed by atoms with E-state index in [-0.39, 0.29) is 10.1 Å². The third-order valence-corrected chi connectivity index (χ3v) is 2.36. The molecule has 0 saturated heterocycles. The lowest BCUT2D eigenvalue weighted by molar-refractivity contribution is 0.482. The fourth-order valence-corrected chi connectivity index (χ4v) is 1.94. The molecule has 62 valence electrons. The summed E-state index contributed by atoms with van der Waals surface area (Å²) in [6.07, 6.45) is 0. The molecule has 0 aliphatic rings. The molecule has 0 aromatic carbocycles. The van der Waals surface area contributed by atoms with Crippen LogP contribution < -0.4 is 5.73 Å². The number of hydrogen-bond donors (Lipinski definition) is 2. The average Bonchev–Trinajstić information content (AvgIpc) is 2.10. The predicted molar refractivity (Wildman–Crippen MR) is 39.6 cm³/mol. The zero-order chi connectivity index (χ0) is 8.48. The highest BCUT2D eigenvalue weighted by molar-refractivity contribution is 7.85. The summed E-state index contributed by atoms with van der Waals surface area (Å²) in [6.45, 7) is 0. The third-order valence-electron chi connectivity index (χ3n) is 0.788. The van der Waals surface area contributed by atoms with Gasteiger partial charge in [-0.3, -0.25) is 4.55 Å². The molecule has 0 radical (unpaired) electrons. The minimum Gasteiger partial charge on any atom is -0.374 e. The molecule has 1 aromatic heterocycles. The van der Waals surface area contributed by atoms with E-state index in [1.807, 2.05) is 0 Å². The standard InChI is InChI=1S/C3H5N3O3S2/c4-3-6-5-2(10-3)1-11(7,8)9/h1H2,(H2,4,6)(H,7,8,9). The molecule has 1 heterocycles. The van der Waals surface area contributed by atoms with Gasteiger partial charge in [0.25, 0.3) is 10.1 Å². The van der Waals surface area contributed by atoms with E-state index in [1.54, 1.807) is 0 Å². The van der Waals surface area contributed by atoms with Crippen molar-refractivity contribution in [2.45, 2.75) is 5.75 Å². The lowest BCUT2D eigenvalue weighted by atomic mass is 10.9.